The lowest BCUT2D eigenvalue weighted by atomic mass is 10.2. The summed E-state index contributed by atoms with van der Waals surface area (Å²) >= 11 is 3.52. The second-order valence-corrected chi connectivity index (χ2v) is 4.04. The molecular formula is C11H12BrNO. The molecule has 0 bridgehead atoms. The van der Waals surface area contributed by atoms with Gasteiger partial charge in [0.15, 0.2) is 0 Å². The van der Waals surface area contributed by atoms with Crippen molar-refractivity contribution in [2.75, 3.05) is 7.11 Å². The summed E-state index contributed by atoms with van der Waals surface area (Å²) in [7, 11) is 1.70. The van der Waals surface area contributed by atoms with E-state index in [1.807, 2.05) is 12.1 Å². The Hall–Kier alpha value is -0.960. The molecule has 3 heteroatoms. The molecule has 0 aliphatic heterocycles. The van der Waals surface area contributed by atoms with E-state index in [1.54, 1.807) is 7.11 Å². The first-order valence-electron chi connectivity index (χ1n) is 4.60. The van der Waals surface area contributed by atoms with E-state index in [1.165, 1.54) is 5.69 Å². The lowest BCUT2D eigenvalue weighted by Crippen LogP contribution is -1.83. The van der Waals surface area contributed by atoms with Crippen molar-refractivity contribution in [3.05, 3.63) is 28.4 Å². The van der Waals surface area contributed by atoms with Crippen molar-refractivity contribution in [3.8, 4) is 5.75 Å². The maximum atomic E-state index is 5.30. The van der Waals surface area contributed by atoms with E-state index in [0.29, 0.717) is 0 Å². The number of halogens is 1. The number of fused-ring (bicyclic) bond motifs is 1. The molecule has 0 aliphatic carbocycles. The summed E-state index contributed by atoms with van der Waals surface area (Å²) in [6.07, 6.45) is 1.00. The third-order valence-corrected chi connectivity index (χ3v) is 3.02. The average molecular weight is 254 g/mol. The second-order valence-electron chi connectivity index (χ2n) is 3.19. The highest BCUT2D eigenvalue weighted by molar-refractivity contribution is 9.10. The molecule has 1 N–H and O–H groups in total. The van der Waals surface area contributed by atoms with Gasteiger partial charge in [-0.3, -0.25) is 0 Å². The Kier molecular flexibility index (Phi) is 2.50. The van der Waals surface area contributed by atoms with Crippen LogP contribution in [0.15, 0.2) is 22.7 Å². The minimum Gasteiger partial charge on any atom is -0.496 e. The number of aromatic amines is 1. The Bertz CT molecular complexity index is 462. The van der Waals surface area contributed by atoms with Gasteiger partial charge < -0.3 is 9.72 Å². The first-order chi connectivity index (χ1) is 6.76. The Balaban J connectivity index is 2.74. The minimum atomic E-state index is 0.916. The fourth-order valence-electron chi connectivity index (χ4n) is 1.58. The lowest BCUT2D eigenvalue weighted by molar-refractivity contribution is 0.420. The number of rotatable bonds is 2. The number of H-pyrrole nitrogens is 1. The molecule has 0 radical (unpaired) electrons. The molecule has 74 valence electrons. The Morgan fingerprint density at radius 1 is 1.43 bits per heavy atom. The number of nitrogens with one attached hydrogen (secondary N) is 1. The van der Waals surface area contributed by atoms with E-state index in [2.05, 4.69) is 33.9 Å². The lowest BCUT2D eigenvalue weighted by Gasteiger charge is -2.01. The molecule has 14 heavy (non-hydrogen) atoms. The van der Waals surface area contributed by atoms with Crippen LogP contribution in [0.25, 0.3) is 10.9 Å². The molecule has 0 fully saturated rings. The van der Waals surface area contributed by atoms with Crippen molar-refractivity contribution in [1.82, 2.24) is 4.98 Å². The van der Waals surface area contributed by atoms with E-state index in [0.717, 1.165) is 27.5 Å². The summed E-state index contributed by atoms with van der Waals surface area (Å²) < 4.78 is 6.38. The van der Waals surface area contributed by atoms with Gasteiger partial charge in [0, 0.05) is 15.6 Å². The van der Waals surface area contributed by atoms with Crippen LogP contribution in [-0.4, -0.2) is 12.1 Å². The van der Waals surface area contributed by atoms with Gasteiger partial charge in [-0.25, -0.2) is 0 Å². The minimum absolute atomic E-state index is 0.916. The molecule has 0 saturated heterocycles. The quantitative estimate of drug-likeness (QED) is 0.871. The smallest absolute Gasteiger partial charge is 0.128 e. The molecule has 0 amide bonds. The van der Waals surface area contributed by atoms with E-state index >= 15 is 0 Å². The third-order valence-electron chi connectivity index (χ3n) is 2.36. The second kappa shape index (κ2) is 3.65. The zero-order chi connectivity index (χ0) is 10.1. The van der Waals surface area contributed by atoms with E-state index in [9.17, 15) is 0 Å². The van der Waals surface area contributed by atoms with Gasteiger partial charge in [0.05, 0.1) is 12.6 Å². The van der Waals surface area contributed by atoms with E-state index in [-0.39, 0.29) is 0 Å². The van der Waals surface area contributed by atoms with Crippen molar-refractivity contribution in [2.24, 2.45) is 0 Å². The first-order valence-corrected chi connectivity index (χ1v) is 5.39. The number of methoxy groups -OCH3 is 1. The van der Waals surface area contributed by atoms with Gasteiger partial charge in [0.25, 0.3) is 0 Å². The standard InChI is InChI=1S/C11H12BrNO/c1-3-7-6-8-10(14-2)5-4-9(12)11(8)13-7/h4-6,13H,3H2,1-2H3. The van der Waals surface area contributed by atoms with Gasteiger partial charge >= 0.3 is 0 Å². The van der Waals surface area contributed by atoms with Crippen LogP contribution in [-0.2, 0) is 6.42 Å². The molecule has 0 atom stereocenters. The summed E-state index contributed by atoms with van der Waals surface area (Å²) in [6.45, 7) is 2.13. The zero-order valence-corrected chi connectivity index (χ0v) is 9.81. The van der Waals surface area contributed by atoms with E-state index in [4.69, 9.17) is 4.74 Å². The number of benzene rings is 1. The monoisotopic (exact) mass is 253 g/mol. The predicted molar refractivity (Wildman–Crippen MR) is 61.9 cm³/mol. The summed E-state index contributed by atoms with van der Waals surface area (Å²) in [4.78, 5) is 3.36. The van der Waals surface area contributed by atoms with Crippen LogP contribution in [0.4, 0.5) is 0 Å². The normalized spacial score (nSPS) is 10.8. The van der Waals surface area contributed by atoms with Crippen molar-refractivity contribution in [2.45, 2.75) is 13.3 Å². The van der Waals surface area contributed by atoms with Crippen LogP contribution in [0, 0.1) is 0 Å². The van der Waals surface area contributed by atoms with Gasteiger partial charge in [0.1, 0.15) is 5.75 Å². The summed E-state index contributed by atoms with van der Waals surface area (Å²) in [5, 5.41) is 1.14. The van der Waals surface area contributed by atoms with Crippen LogP contribution in [0.5, 0.6) is 5.75 Å². The summed E-state index contributed by atoms with van der Waals surface area (Å²) in [5.74, 6) is 0.916. The molecule has 0 saturated carbocycles. The topological polar surface area (TPSA) is 25.0 Å². The molecule has 2 aromatic rings. The molecule has 1 heterocycles. The fourth-order valence-corrected chi connectivity index (χ4v) is 2.03. The molecule has 2 nitrogen and oxygen atoms in total. The van der Waals surface area contributed by atoms with Crippen molar-refractivity contribution in [3.63, 3.8) is 0 Å². The third kappa shape index (κ3) is 1.42. The van der Waals surface area contributed by atoms with Gasteiger partial charge in [-0.2, -0.15) is 0 Å². The van der Waals surface area contributed by atoms with Crippen LogP contribution in [0.2, 0.25) is 0 Å². The largest absolute Gasteiger partial charge is 0.496 e. The summed E-state index contributed by atoms with van der Waals surface area (Å²) in [6, 6.07) is 6.11. The molecule has 1 aromatic heterocycles. The molecule has 0 unspecified atom stereocenters. The maximum absolute atomic E-state index is 5.30. The van der Waals surface area contributed by atoms with Gasteiger partial charge in [-0.1, -0.05) is 6.92 Å². The summed E-state index contributed by atoms with van der Waals surface area (Å²) in [5.41, 5.74) is 2.34. The molecule has 2 rings (SSSR count). The van der Waals surface area contributed by atoms with Crippen LogP contribution < -0.4 is 4.74 Å². The number of ether oxygens (including phenoxy) is 1. The zero-order valence-electron chi connectivity index (χ0n) is 8.23. The van der Waals surface area contributed by atoms with Gasteiger partial charge in [-0.05, 0) is 40.5 Å². The maximum Gasteiger partial charge on any atom is 0.128 e. The SMILES string of the molecule is CCc1cc2c(OC)ccc(Br)c2[nH]1. The number of hydrogen-bond acceptors (Lipinski definition) is 1. The molecular weight excluding hydrogens is 242 g/mol. The molecule has 1 aromatic carbocycles. The number of aryl methyl sites for hydroxylation is 1. The van der Waals surface area contributed by atoms with E-state index < -0.39 is 0 Å². The highest BCUT2D eigenvalue weighted by Crippen LogP contribution is 2.31. The first kappa shape index (κ1) is 9.59. The van der Waals surface area contributed by atoms with Crippen molar-refractivity contribution >= 4 is 26.8 Å². The molecule has 0 spiro atoms. The van der Waals surface area contributed by atoms with Crippen LogP contribution >= 0.6 is 15.9 Å². The average Bonchev–Trinajstić information content (AvgIpc) is 2.63. The highest BCUT2D eigenvalue weighted by Gasteiger charge is 2.07. The van der Waals surface area contributed by atoms with Crippen LogP contribution in [0.1, 0.15) is 12.6 Å². The highest BCUT2D eigenvalue weighted by atomic mass is 79.9. The Morgan fingerprint density at radius 2 is 2.21 bits per heavy atom. The number of hydrogen-bond donors (Lipinski definition) is 1. The van der Waals surface area contributed by atoms with Gasteiger partial charge in [-0.15, -0.1) is 0 Å². The van der Waals surface area contributed by atoms with Crippen LogP contribution in [0.3, 0.4) is 0 Å². The Morgan fingerprint density at radius 3 is 2.86 bits per heavy atom. The Labute approximate surface area is 91.4 Å². The van der Waals surface area contributed by atoms with Crippen molar-refractivity contribution in [1.29, 1.82) is 0 Å². The number of aromatic nitrogens is 1. The van der Waals surface area contributed by atoms with Crippen molar-refractivity contribution < 1.29 is 4.74 Å². The predicted octanol–water partition coefficient (Wildman–Crippen LogP) is 3.50. The fraction of sp³-hybridized carbons (Fsp3) is 0.273. The van der Waals surface area contributed by atoms with Gasteiger partial charge in [0.2, 0.25) is 0 Å². The molecule has 0 aliphatic rings.